The van der Waals surface area contributed by atoms with Gasteiger partial charge in [0.1, 0.15) is 11.6 Å². The van der Waals surface area contributed by atoms with Crippen LogP contribution >= 0.6 is 0 Å². The number of rotatable bonds is 7. The van der Waals surface area contributed by atoms with Gasteiger partial charge < -0.3 is 15.4 Å². The van der Waals surface area contributed by atoms with Crippen molar-refractivity contribution in [3.63, 3.8) is 0 Å². The maximum absolute atomic E-state index is 12.7. The number of carbonyl (C=O) groups is 1. The number of hydrogen-bond acceptors (Lipinski definition) is 5. The lowest BCUT2D eigenvalue weighted by Crippen LogP contribution is -2.24. The molecule has 0 radical (unpaired) electrons. The first kappa shape index (κ1) is 19.2. The van der Waals surface area contributed by atoms with Gasteiger partial charge in [0.05, 0.1) is 24.9 Å². The molecular formula is C23H21N5O2. The van der Waals surface area contributed by atoms with E-state index in [1.807, 2.05) is 72.8 Å². The highest BCUT2D eigenvalue weighted by molar-refractivity contribution is 6.00. The zero-order valence-electron chi connectivity index (χ0n) is 16.4. The van der Waals surface area contributed by atoms with Crippen LogP contribution in [0.15, 0.2) is 78.9 Å². The summed E-state index contributed by atoms with van der Waals surface area (Å²) in [5, 5.41) is 13.3. The summed E-state index contributed by atoms with van der Waals surface area (Å²) in [6.45, 7) is 0.238. The summed E-state index contributed by atoms with van der Waals surface area (Å²) in [6, 6.07) is 24.6. The van der Waals surface area contributed by atoms with Crippen LogP contribution in [-0.4, -0.2) is 28.2 Å². The Labute approximate surface area is 174 Å². The smallest absolute Gasteiger partial charge is 0.253 e. The summed E-state index contributed by atoms with van der Waals surface area (Å²) >= 11 is 0. The Morgan fingerprint density at radius 3 is 2.47 bits per heavy atom. The topological polar surface area (TPSA) is 91.9 Å². The molecule has 0 bridgehead atoms. The molecule has 150 valence electrons. The lowest BCUT2D eigenvalue weighted by atomic mass is 10.1. The van der Waals surface area contributed by atoms with Crippen molar-refractivity contribution < 1.29 is 9.53 Å². The van der Waals surface area contributed by atoms with E-state index in [-0.39, 0.29) is 12.5 Å². The lowest BCUT2D eigenvalue weighted by molar-refractivity contribution is 0.0951. The van der Waals surface area contributed by atoms with Crippen molar-refractivity contribution in [1.29, 1.82) is 0 Å². The molecule has 30 heavy (non-hydrogen) atoms. The largest absolute Gasteiger partial charge is 0.497 e. The van der Waals surface area contributed by atoms with Crippen molar-refractivity contribution in [2.24, 2.45) is 0 Å². The van der Waals surface area contributed by atoms with E-state index in [0.717, 1.165) is 22.7 Å². The van der Waals surface area contributed by atoms with Crippen LogP contribution in [0.2, 0.25) is 0 Å². The van der Waals surface area contributed by atoms with Gasteiger partial charge >= 0.3 is 0 Å². The van der Waals surface area contributed by atoms with Crippen LogP contribution in [0, 0.1) is 0 Å². The highest BCUT2D eigenvalue weighted by atomic mass is 16.5. The zero-order chi connectivity index (χ0) is 20.8. The maximum Gasteiger partial charge on any atom is 0.253 e. The molecule has 3 N–H and O–H groups in total. The van der Waals surface area contributed by atoms with Crippen LogP contribution in [-0.2, 0) is 6.54 Å². The molecule has 0 unspecified atom stereocenters. The van der Waals surface area contributed by atoms with Crippen molar-refractivity contribution in [2.75, 3.05) is 12.4 Å². The monoisotopic (exact) mass is 399 g/mol. The molecule has 0 saturated heterocycles. The van der Waals surface area contributed by atoms with Gasteiger partial charge in [-0.15, -0.1) is 0 Å². The SMILES string of the molecule is COc1ccc(-c2n[nH]c(CNC(=O)c3ccccc3Nc3ccccc3)n2)cc1. The molecule has 0 saturated carbocycles. The highest BCUT2D eigenvalue weighted by Crippen LogP contribution is 2.21. The lowest BCUT2D eigenvalue weighted by Gasteiger charge is -2.11. The average Bonchev–Trinajstić information content (AvgIpc) is 3.28. The minimum atomic E-state index is -0.198. The third kappa shape index (κ3) is 4.47. The van der Waals surface area contributed by atoms with Crippen LogP contribution in [0.4, 0.5) is 11.4 Å². The number of amides is 1. The highest BCUT2D eigenvalue weighted by Gasteiger charge is 2.12. The Balaban J connectivity index is 1.42. The molecule has 3 aromatic carbocycles. The van der Waals surface area contributed by atoms with E-state index in [0.29, 0.717) is 17.2 Å². The van der Waals surface area contributed by atoms with E-state index in [9.17, 15) is 4.79 Å². The first-order valence-corrected chi connectivity index (χ1v) is 9.48. The molecule has 1 heterocycles. The minimum Gasteiger partial charge on any atom is -0.497 e. The second-order valence-corrected chi connectivity index (χ2v) is 6.55. The normalized spacial score (nSPS) is 10.4. The van der Waals surface area contributed by atoms with Gasteiger partial charge in [-0.2, -0.15) is 5.10 Å². The summed E-state index contributed by atoms with van der Waals surface area (Å²) in [5.41, 5.74) is 3.06. The summed E-state index contributed by atoms with van der Waals surface area (Å²) < 4.78 is 5.16. The molecule has 7 nitrogen and oxygen atoms in total. The first-order valence-electron chi connectivity index (χ1n) is 9.48. The molecule has 0 aliphatic carbocycles. The Bertz CT molecular complexity index is 1120. The van der Waals surface area contributed by atoms with Crippen LogP contribution < -0.4 is 15.4 Å². The quantitative estimate of drug-likeness (QED) is 0.434. The van der Waals surface area contributed by atoms with Gasteiger partial charge in [-0.05, 0) is 48.5 Å². The van der Waals surface area contributed by atoms with E-state index in [2.05, 4.69) is 25.8 Å². The molecule has 0 atom stereocenters. The van der Waals surface area contributed by atoms with Crippen LogP contribution in [0.1, 0.15) is 16.2 Å². The Hall–Kier alpha value is -4.13. The Morgan fingerprint density at radius 1 is 0.967 bits per heavy atom. The van der Waals surface area contributed by atoms with Gasteiger partial charge in [-0.3, -0.25) is 9.89 Å². The van der Waals surface area contributed by atoms with E-state index in [4.69, 9.17) is 4.74 Å². The minimum absolute atomic E-state index is 0.198. The van der Waals surface area contributed by atoms with Crippen molar-refractivity contribution >= 4 is 17.3 Å². The molecule has 1 aromatic heterocycles. The van der Waals surface area contributed by atoms with Crippen LogP contribution in [0.25, 0.3) is 11.4 Å². The number of benzene rings is 3. The van der Waals surface area contributed by atoms with Crippen molar-refractivity contribution in [2.45, 2.75) is 6.54 Å². The predicted octanol–water partition coefficient (Wildman–Crippen LogP) is 4.15. The van der Waals surface area contributed by atoms with Gasteiger partial charge in [-0.25, -0.2) is 4.98 Å². The molecule has 0 spiro atoms. The number of H-pyrrole nitrogens is 1. The second kappa shape index (κ2) is 8.91. The number of anilines is 2. The molecule has 4 aromatic rings. The molecule has 1 amide bonds. The third-order valence-corrected chi connectivity index (χ3v) is 4.52. The van der Waals surface area contributed by atoms with Crippen LogP contribution in [0.5, 0.6) is 5.75 Å². The van der Waals surface area contributed by atoms with Gasteiger partial charge in [0, 0.05) is 11.3 Å². The summed E-state index contributed by atoms with van der Waals surface area (Å²) in [4.78, 5) is 17.2. The number of carbonyl (C=O) groups excluding carboxylic acids is 1. The fraction of sp³-hybridized carbons (Fsp3) is 0.0870. The van der Waals surface area contributed by atoms with E-state index >= 15 is 0 Å². The van der Waals surface area contributed by atoms with Crippen LogP contribution in [0.3, 0.4) is 0 Å². The van der Waals surface area contributed by atoms with Gasteiger partial charge in [0.15, 0.2) is 5.82 Å². The number of ether oxygens (including phenoxy) is 1. The fourth-order valence-electron chi connectivity index (χ4n) is 2.97. The summed E-state index contributed by atoms with van der Waals surface area (Å²) in [6.07, 6.45) is 0. The molecule has 4 rings (SSSR count). The summed E-state index contributed by atoms with van der Waals surface area (Å²) in [5.74, 6) is 1.71. The molecule has 7 heteroatoms. The van der Waals surface area contributed by atoms with Crippen molar-refractivity contribution in [1.82, 2.24) is 20.5 Å². The number of aromatic amines is 1. The Kier molecular flexibility index (Phi) is 5.70. The number of nitrogens with one attached hydrogen (secondary N) is 3. The van der Waals surface area contributed by atoms with Gasteiger partial charge in [-0.1, -0.05) is 30.3 Å². The zero-order valence-corrected chi connectivity index (χ0v) is 16.4. The van der Waals surface area contributed by atoms with Crippen molar-refractivity contribution in [3.05, 3.63) is 90.3 Å². The molecular weight excluding hydrogens is 378 g/mol. The molecule has 0 fully saturated rings. The average molecular weight is 399 g/mol. The number of methoxy groups -OCH3 is 1. The predicted molar refractivity (Wildman–Crippen MR) is 116 cm³/mol. The number of nitrogens with zero attached hydrogens (tertiary/aromatic N) is 2. The van der Waals surface area contributed by atoms with Crippen molar-refractivity contribution in [3.8, 4) is 17.1 Å². The van der Waals surface area contributed by atoms with E-state index in [1.54, 1.807) is 13.2 Å². The van der Waals surface area contributed by atoms with E-state index < -0.39 is 0 Å². The second-order valence-electron chi connectivity index (χ2n) is 6.55. The van der Waals surface area contributed by atoms with Gasteiger partial charge in [0.25, 0.3) is 5.91 Å². The van der Waals surface area contributed by atoms with Gasteiger partial charge in [0.2, 0.25) is 0 Å². The Morgan fingerprint density at radius 2 is 1.70 bits per heavy atom. The molecule has 0 aliphatic rings. The van der Waals surface area contributed by atoms with E-state index in [1.165, 1.54) is 0 Å². The number of para-hydroxylation sites is 2. The standard InChI is InChI=1S/C23H21N5O2/c1-30-18-13-11-16(12-14-18)22-26-21(27-28-22)15-24-23(29)19-9-5-6-10-20(19)25-17-7-3-2-4-8-17/h2-14,25H,15H2,1H3,(H,24,29)(H,26,27,28). The maximum atomic E-state index is 12.7. The first-order chi connectivity index (χ1) is 14.7. The fourth-order valence-corrected chi connectivity index (χ4v) is 2.97. The molecule has 0 aliphatic heterocycles. The number of aromatic nitrogens is 3. The summed E-state index contributed by atoms with van der Waals surface area (Å²) in [7, 11) is 1.62. The number of hydrogen-bond donors (Lipinski definition) is 3. The third-order valence-electron chi connectivity index (χ3n) is 4.52.